The Labute approximate surface area is 136 Å². The molecule has 0 saturated carbocycles. The van der Waals surface area contributed by atoms with Crippen molar-refractivity contribution in [2.75, 3.05) is 20.8 Å². The van der Waals surface area contributed by atoms with Gasteiger partial charge in [-0.3, -0.25) is 4.79 Å². The molecule has 0 fully saturated rings. The topological polar surface area (TPSA) is 38.8 Å². The Bertz CT molecular complexity index is 712. The minimum Gasteiger partial charge on any atom is -0.493 e. The largest absolute Gasteiger partial charge is 0.493 e. The van der Waals surface area contributed by atoms with Crippen molar-refractivity contribution in [3.8, 4) is 11.5 Å². The zero-order valence-corrected chi connectivity index (χ0v) is 13.7. The highest BCUT2D eigenvalue weighted by Gasteiger charge is 2.29. The second-order valence-corrected chi connectivity index (χ2v) is 5.77. The van der Waals surface area contributed by atoms with Crippen LogP contribution in [-0.4, -0.2) is 31.6 Å². The number of benzene rings is 2. The molecule has 2 aromatic carbocycles. The van der Waals surface area contributed by atoms with E-state index in [1.54, 1.807) is 21.1 Å². The second kappa shape index (κ2) is 6.32. The van der Waals surface area contributed by atoms with Gasteiger partial charge in [0.2, 0.25) is 5.91 Å². The first-order chi connectivity index (χ1) is 11.1. The summed E-state index contributed by atoms with van der Waals surface area (Å²) >= 11 is 0. The molecule has 0 aromatic heterocycles. The molecule has 2 aromatic rings. The van der Waals surface area contributed by atoms with E-state index in [0.717, 1.165) is 11.3 Å². The molecular weight excluding hydrogens is 290 g/mol. The van der Waals surface area contributed by atoms with Crippen LogP contribution in [0.2, 0.25) is 0 Å². The molecule has 1 heterocycles. The molecular formula is C19H21NO3. The van der Waals surface area contributed by atoms with Gasteiger partial charge in [-0.15, -0.1) is 0 Å². The molecule has 0 saturated heterocycles. The van der Waals surface area contributed by atoms with Crippen LogP contribution in [0.15, 0.2) is 42.5 Å². The van der Waals surface area contributed by atoms with Crippen molar-refractivity contribution in [3.05, 3.63) is 59.2 Å². The van der Waals surface area contributed by atoms with Gasteiger partial charge in [-0.25, -0.2) is 0 Å². The number of ether oxygens (including phenoxy) is 2. The van der Waals surface area contributed by atoms with Gasteiger partial charge in [0, 0.05) is 25.9 Å². The summed E-state index contributed by atoms with van der Waals surface area (Å²) in [6.07, 6.45) is 0. The van der Waals surface area contributed by atoms with Crippen molar-refractivity contribution in [2.45, 2.75) is 19.4 Å². The fourth-order valence-corrected chi connectivity index (χ4v) is 3.20. The highest BCUT2D eigenvalue weighted by atomic mass is 16.5. The van der Waals surface area contributed by atoms with Crippen LogP contribution in [0.1, 0.15) is 29.5 Å². The molecule has 4 nitrogen and oxygen atoms in total. The molecule has 0 aliphatic carbocycles. The standard InChI is InChI=1S/C19H21NO3/c1-13(21)20-11-15-9-18(22-2)19(23-3)10-16(15)17(12-20)14-7-5-4-6-8-14/h4-10,17H,11-12H2,1-3H3. The second-order valence-electron chi connectivity index (χ2n) is 5.77. The number of nitrogens with zero attached hydrogens (tertiary/aromatic N) is 1. The van der Waals surface area contributed by atoms with E-state index < -0.39 is 0 Å². The van der Waals surface area contributed by atoms with E-state index in [2.05, 4.69) is 12.1 Å². The maximum atomic E-state index is 11.9. The van der Waals surface area contributed by atoms with Gasteiger partial charge >= 0.3 is 0 Å². The third-order valence-corrected chi connectivity index (χ3v) is 4.43. The number of amides is 1. The summed E-state index contributed by atoms with van der Waals surface area (Å²) in [6.45, 7) is 2.91. The number of methoxy groups -OCH3 is 2. The first kappa shape index (κ1) is 15.4. The quantitative estimate of drug-likeness (QED) is 0.874. The summed E-state index contributed by atoms with van der Waals surface area (Å²) in [6, 6.07) is 14.3. The Morgan fingerprint density at radius 1 is 1.09 bits per heavy atom. The molecule has 0 bridgehead atoms. The number of carbonyl (C=O) groups is 1. The van der Waals surface area contributed by atoms with E-state index in [4.69, 9.17) is 9.47 Å². The average Bonchev–Trinajstić information content (AvgIpc) is 2.60. The van der Waals surface area contributed by atoms with E-state index in [9.17, 15) is 4.79 Å². The van der Waals surface area contributed by atoms with Crippen molar-refractivity contribution in [3.63, 3.8) is 0 Å². The number of fused-ring (bicyclic) bond motifs is 1. The Morgan fingerprint density at radius 3 is 2.35 bits per heavy atom. The Hall–Kier alpha value is -2.49. The lowest BCUT2D eigenvalue weighted by atomic mass is 9.84. The van der Waals surface area contributed by atoms with Crippen LogP contribution in [0.5, 0.6) is 11.5 Å². The van der Waals surface area contributed by atoms with Gasteiger partial charge in [-0.2, -0.15) is 0 Å². The van der Waals surface area contributed by atoms with E-state index in [1.807, 2.05) is 35.2 Å². The summed E-state index contributed by atoms with van der Waals surface area (Å²) < 4.78 is 10.9. The normalized spacial score (nSPS) is 16.7. The summed E-state index contributed by atoms with van der Waals surface area (Å²) in [7, 11) is 3.27. The van der Waals surface area contributed by atoms with Gasteiger partial charge in [0.1, 0.15) is 0 Å². The van der Waals surface area contributed by atoms with Gasteiger partial charge < -0.3 is 14.4 Å². The van der Waals surface area contributed by atoms with E-state index in [0.29, 0.717) is 18.8 Å². The van der Waals surface area contributed by atoms with Crippen molar-refractivity contribution < 1.29 is 14.3 Å². The first-order valence-electron chi connectivity index (χ1n) is 7.69. The van der Waals surface area contributed by atoms with Crippen molar-refractivity contribution in [1.82, 2.24) is 4.90 Å². The van der Waals surface area contributed by atoms with Gasteiger partial charge in [0.05, 0.1) is 14.2 Å². The monoisotopic (exact) mass is 311 g/mol. The third kappa shape index (κ3) is 2.89. The molecule has 23 heavy (non-hydrogen) atoms. The zero-order valence-electron chi connectivity index (χ0n) is 13.7. The SMILES string of the molecule is COc1cc2c(cc1OC)C(c1ccccc1)CN(C(C)=O)C2. The minimum atomic E-state index is 0.0892. The summed E-state index contributed by atoms with van der Waals surface area (Å²) in [5.41, 5.74) is 3.51. The molecule has 1 unspecified atom stereocenters. The predicted octanol–water partition coefficient (Wildman–Crippen LogP) is 3.20. The van der Waals surface area contributed by atoms with E-state index in [-0.39, 0.29) is 11.8 Å². The van der Waals surface area contributed by atoms with Gasteiger partial charge in [0.25, 0.3) is 0 Å². The molecule has 0 radical (unpaired) electrons. The van der Waals surface area contributed by atoms with Crippen LogP contribution in [0, 0.1) is 0 Å². The maximum Gasteiger partial charge on any atom is 0.219 e. The minimum absolute atomic E-state index is 0.0892. The number of hydrogen-bond acceptors (Lipinski definition) is 3. The molecule has 3 rings (SSSR count). The third-order valence-electron chi connectivity index (χ3n) is 4.43. The molecule has 1 atom stereocenters. The fraction of sp³-hybridized carbons (Fsp3) is 0.316. The number of carbonyl (C=O) groups excluding carboxylic acids is 1. The summed E-state index contributed by atoms with van der Waals surface area (Å²) in [5.74, 6) is 1.65. The van der Waals surface area contributed by atoms with Crippen LogP contribution in [0.3, 0.4) is 0 Å². The highest BCUT2D eigenvalue weighted by molar-refractivity contribution is 5.74. The van der Waals surface area contributed by atoms with Crippen molar-refractivity contribution in [2.24, 2.45) is 0 Å². The number of rotatable bonds is 3. The van der Waals surface area contributed by atoms with Gasteiger partial charge in [-0.05, 0) is 28.8 Å². The van der Waals surface area contributed by atoms with Crippen LogP contribution in [0.4, 0.5) is 0 Å². The molecule has 4 heteroatoms. The Kier molecular flexibility index (Phi) is 4.24. The maximum absolute atomic E-state index is 11.9. The first-order valence-corrected chi connectivity index (χ1v) is 7.69. The van der Waals surface area contributed by atoms with Gasteiger partial charge in [0.15, 0.2) is 11.5 Å². The van der Waals surface area contributed by atoms with Crippen LogP contribution in [0.25, 0.3) is 0 Å². The smallest absolute Gasteiger partial charge is 0.219 e. The van der Waals surface area contributed by atoms with E-state index in [1.165, 1.54) is 11.1 Å². The van der Waals surface area contributed by atoms with E-state index >= 15 is 0 Å². The van der Waals surface area contributed by atoms with Crippen LogP contribution >= 0.6 is 0 Å². The molecule has 0 N–H and O–H groups in total. The molecule has 0 spiro atoms. The van der Waals surface area contributed by atoms with Crippen molar-refractivity contribution >= 4 is 5.91 Å². The zero-order chi connectivity index (χ0) is 16.4. The summed E-state index contributed by atoms with van der Waals surface area (Å²) in [4.78, 5) is 13.8. The molecule has 1 aliphatic rings. The fourth-order valence-electron chi connectivity index (χ4n) is 3.20. The molecule has 120 valence electrons. The lowest BCUT2D eigenvalue weighted by Gasteiger charge is -2.35. The molecule has 1 amide bonds. The van der Waals surface area contributed by atoms with Gasteiger partial charge in [-0.1, -0.05) is 30.3 Å². The summed E-state index contributed by atoms with van der Waals surface area (Å²) in [5, 5.41) is 0. The average molecular weight is 311 g/mol. The predicted molar refractivity (Wildman–Crippen MR) is 88.9 cm³/mol. The Morgan fingerprint density at radius 2 is 1.74 bits per heavy atom. The van der Waals surface area contributed by atoms with Crippen LogP contribution in [-0.2, 0) is 11.3 Å². The lowest BCUT2D eigenvalue weighted by molar-refractivity contribution is -0.129. The Balaban J connectivity index is 2.13. The van der Waals surface area contributed by atoms with Crippen molar-refractivity contribution in [1.29, 1.82) is 0 Å². The lowest BCUT2D eigenvalue weighted by Crippen LogP contribution is -2.37. The number of hydrogen-bond donors (Lipinski definition) is 0. The molecule has 1 aliphatic heterocycles. The van der Waals surface area contributed by atoms with Crippen LogP contribution < -0.4 is 9.47 Å². The highest BCUT2D eigenvalue weighted by Crippen LogP contribution is 2.40.